The number of hydrogen-bond donors (Lipinski definition) is 1. The second-order valence-corrected chi connectivity index (χ2v) is 8.63. The van der Waals surface area contributed by atoms with E-state index in [0.29, 0.717) is 28.5 Å². The topological polar surface area (TPSA) is 67.9 Å². The van der Waals surface area contributed by atoms with Gasteiger partial charge in [0.25, 0.3) is 5.91 Å². The average Bonchev–Trinajstić information content (AvgIpc) is 2.87. The quantitative estimate of drug-likeness (QED) is 0.499. The van der Waals surface area contributed by atoms with Gasteiger partial charge in [0.2, 0.25) is 5.91 Å². The molecule has 0 aromatic heterocycles. The maximum Gasteiger partial charge on any atom is 0.263 e. The number of carbonyl (C=O) groups is 2. The number of nitrogens with zero attached hydrogens (tertiary/aromatic N) is 1. The lowest BCUT2D eigenvalue weighted by Gasteiger charge is -2.29. The standard InChI is InChI=1S/C26H26N2O4S/c1-31-22-10-5-11-23(32-2)25(22)26(30)27-19-12-14-20(15-13-19)33-17-24(29)28-16-6-8-18-7-3-4-9-21(18)28/h3-5,7,9-15H,6,8,16-17H2,1-2H3,(H,27,30). The monoisotopic (exact) mass is 462 g/mol. The normalized spacial score (nSPS) is 12.6. The van der Waals surface area contributed by atoms with E-state index in [1.54, 1.807) is 18.2 Å². The van der Waals surface area contributed by atoms with E-state index in [-0.39, 0.29) is 11.8 Å². The van der Waals surface area contributed by atoms with E-state index in [0.717, 1.165) is 30.0 Å². The zero-order valence-electron chi connectivity index (χ0n) is 18.7. The lowest BCUT2D eigenvalue weighted by Crippen LogP contribution is -2.36. The van der Waals surface area contributed by atoms with Crippen molar-refractivity contribution in [3.63, 3.8) is 0 Å². The number of rotatable bonds is 7. The first kappa shape index (κ1) is 22.7. The first-order valence-electron chi connectivity index (χ1n) is 10.7. The Hall–Kier alpha value is -3.45. The van der Waals surface area contributed by atoms with Crippen molar-refractivity contribution in [2.75, 3.05) is 36.7 Å². The number of aryl methyl sites for hydroxylation is 1. The van der Waals surface area contributed by atoms with Crippen LogP contribution in [0.4, 0.5) is 11.4 Å². The SMILES string of the molecule is COc1cccc(OC)c1C(=O)Nc1ccc(SCC(=O)N2CCCc3ccccc32)cc1. The lowest BCUT2D eigenvalue weighted by atomic mass is 10.0. The number of fused-ring (bicyclic) bond motifs is 1. The molecule has 6 nitrogen and oxygen atoms in total. The Morgan fingerprint density at radius 2 is 1.64 bits per heavy atom. The van der Waals surface area contributed by atoms with Crippen LogP contribution in [0, 0.1) is 0 Å². The van der Waals surface area contributed by atoms with Crippen LogP contribution in [0.25, 0.3) is 0 Å². The first-order valence-corrected chi connectivity index (χ1v) is 11.7. The molecule has 1 aliphatic rings. The molecule has 0 bridgehead atoms. The fraction of sp³-hybridized carbons (Fsp3) is 0.231. The number of thioether (sulfide) groups is 1. The highest BCUT2D eigenvalue weighted by Gasteiger charge is 2.22. The van der Waals surface area contributed by atoms with Gasteiger partial charge in [0.05, 0.1) is 20.0 Å². The van der Waals surface area contributed by atoms with Gasteiger partial charge in [-0.25, -0.2) is 0 Å². The van der Waals surface area contributed by atoms with E-state index in [2.05, 4.69) is 11.4 Å². The Labute approximate surface area is 197 Å². The van der Waals surface area contributed by atoms with Crippen LogP contribution in [0.1, 0.15) is 22.3 Å². The summed E-state index contributed by atoms with van der Waals surface area (Å²) in [4.78, 5) is 28.5. The van der Waals surface area contributed by atoms with Gasteiger partial charge in [-0.15, -0.1) is 11.8 Å². The number of anilines is 2. The van der Waals surface area contributed by atoms with Gasteiger partial charge >= 0.3 is 0 Å². The Kier molecular flexibility index (Phi) is 7.19. The number of ether oxygens (including phenoxy) is 2. The smallest absolute Gasteiger partial charge is 0.263 e. The number of para-hydroxylation sites is 1. The molecule has 0 spiro atoms. The molecule has 33 heavy (non-hydrogen) atoms. The molecule has 1 heterocycles. The second-order valence-electron chi connectivity index (χ2n) is 7.58. The van der Waals surface area contributed by atoms with Crippen molar-refractivity contribution in [1.82, 2.24) is 0 Å². The number of amides is 2. The minimum absolute atomic E-state index is 0.104. The minimum Gasteiger partial charge on any atom is -0.496 e. The number of nitrogens with one attached hydrogen (secondary N) is 1. The molecule has 1 N–H and O–H groups in total. The first-order chi connectivity index (χ1) is 16.1. The Morgan fingerprint density at radius 1 is 0.939 bits per heavy atom. The van der Waals surface area contributed by atoms with Gasteiger partial charge in [0, 0.05) is 22.8 Å². The summed E-state index contributed by atoms with van der Waals surface area (Å²) < 4.78 is 10.6. The van der Waals surface area contributed by atoms with Crippen LogP contribution in [0.2, 0.25) is 0 Å². The molecule has 7 heteroatoms. The number of carbonyl (C=O) groups excluding carboxylic acids is 2. The summed E-state index contributed by atoms with van der Waals surface area (Å²) in [5.41, 5.74) is 3.25. The summed E-state index contributed by atoms with van der Waals surface area (Å²) in [6.45, 7) is 0.758. The van der Waals surface area contributed by atoms with Crippen molar-refractivity contribution in [1.29, 1.82) is 0 Å². The highest BCUT2D eigenvalue weighted by Crippen LogP contribution is 2.30. The third-order valence-corrected chi connectivity index (χ3v) is 6.54. The van der Waals surface area contributed by atoms with Crippen LogP contribution in [0.3, 0.4) is 0 Å². The van der Waals surface area contributed by atoms with Crippen LogP contribution in [-0.4, -0.2) is 38.3 Å². The van der Waals surface area contributed by atoms with Crippen LogP contribution < -0.4 is 19.7 Å². The molecule has 0 unspecified atom stereocenters. The van der Waals surface area contributed by atoms with Gasteiger partial charge in [-0.05, 0) is 60.9 Å². The van der Waals surface area contributed by atoms with Crippen LogP contribution in [0.15, 0.2) is 71.6 Å². The third-order valence-electron chi connectivity index (χ3n) is 5.54. The molecule has 2 amide bonds. The van der Waals surface area contributed by atoms with Crippen LogP contribution in [-0.2, 0) is 11.2 Å². The van der Waals surface area contributed by atoms with Crippen molar-refractivity contribution in [2.45, 2.75) is 17.7 Å². The highest BCUT2D eigenvalue weighted by molar-refractivity contribution is 8.00. The maximum atomic E-state index is 12.8. The Morgan fingerprint density at radius 3 is 2.33 bits per heavy atom. The molecule has 0 saturated carbocycles. The largest absolute Gasteiger partial charge is 0.496 e. The van der Waals surface area contributed by atoms with E-state index >= 15 is 0 Å². The molecule has 1 aliphatic heterocycles. The molecule has 3 aromatic rings. The molecule has 0 atom stereocenters. The fourth-order valence-electron chi connectivity index (χ4n) is 3.92. The van der Waals surface area contributed by atoms with Gasteiger partial charge in [-0.1, -0.05) is 24.3 Å². The summed E-state index contributed by atoms with van der Waals surface area (Å²) in [6.07, 6.45) is 2.00. The number of methoxy groups -OCH3 is 2. The zero-order chi connectivity index (χ0) is 23.2. The predicted molar refractivity (Wildman–Crippen MR) is 132 cm³/mol. The molecular formula is C26H26N2O4S. The van der Waals surface area contributed by atoms with Gasteiger partial charge in [0.15, 0.2) is 0 Å². The van der Waals surface area contributed by atoms with E-state index < -0.39 is 0 Å². The van der Waals surface area contributed by atoms with E-state index in [4.69, 9.17) is 9.47 Å². The van der Waals surface area contributed by atoms with Gasteiger partial charge in [-0.2, -0.15) is 0 Å². The molecule has 0 radical (unpaired) electrons. The van der Waals surface area contributed by atoms with E-state index in [1.807, 2.05) is 47.4 Å². The van der Waals surface area contributed by atoms with E-state index in [1.165, 1.54) is 31.5 Å². The average molecular weight is 463 g/mol. The summed E-state index contributed by atoms with van der Waals surface area (Å²) in [7, 11) is 3.03. The molecule has 3 aromatic carbocycles. The van der Waals surface area contributed by atoms with E-state index in [9.17, 15) is 9.59 Å². The molecule has 0 fully saturated rings. The van der Waals surface area contributed by atoms with Gasteiger partial charge in [0.1, 0.15) is 17.1 Å². The van der Waals surface area contributed by atoms with Gasteiger partial charge < -0.3 is 19.7 Å². The third kappa shape index (κ3) is 5.14. The number of hydrogen-bond acceptors (Lipinski definition) is 5. The summed E-state index contributed by atoms with van der Waals surface area (Å²) in [5, 5.41) is 2.88. The minimum atomic E-state index is -0.316. The highest BCUT2D eigenvalue weighted by atomic mass is 32.2. The van der Waals surface area contributed by atoms with Crippen molar-refractivity contribution in [2.24, 2.45) is 0 Å². The molecule has 170 valence electrons. The Balaban J connectivity index is 1.38. The van der Waals surface area contributed by atoms with Crippen LogP contribution >= 0.6 is 11.8 Å². The van der Waals surface area contributed by atoms with Crippen LogP contribution in [0.5, 0.6) is 11.5 Å². The summed E-state index contributed by atoms with van der Waals surface area (Å²) in [5.74, 6) is 1.03. The van der Waals surface area contributed by atoms with Gasteiger partial charge in [-0.3, -0.25) is 9.59 Å². The predicted octanol–water partition coefficient (Wildman–Crippen LogP) is 5.03. The fourth-order valence-corrected chi connectivity index (χ4v) is 4.69. The zero-order valence-corrected chi connectivity index (χ0v) is 19.5. The molecule has 0 aliphatic carbocycles. The summed E-state index contributed by atoms with van der Waals surface area (Å²) >= 11 is 1.49. The van der Waals surface area contributed by atoms with Crippen molar-refractivity contribution in [3.8, 4) is 11.5 Å². The Bertz CT molecular complexity index is 1130. The number of benzene rings is 3. The molecule has 0 saturated heterocycles. The van der Waals surface area contributed by atoms with Crippen molar-refractivity contribution in [3.05, 3.63) is 77.9 Å². The maximum absolute atomic E-state index is 12.8. The lowest BCUT2D eigenvalue weighted by molar-refractivity contribution is -0.116. The molecule has 4 rings (SSSR count). The summed E-state index contributed by atoms with van der Waals surface area (Å²) in [6, 6.07) is 20.8. The second kappa shape index (κ2) is 10.4. The van der Waals surface area contributed by atoms with Crippen molar-refractivity contribution < 1.29 is 19.1 Å². The molecular weight excluding hydrogens is 436 g/mol. The van der Waals surface area contributed by atoms with Crippen molar-refractivity contribution >= 4 is 35.0 Å².